The zero-order valence-corrected chi connectivity index (χ0v) is 19.3. The molecule has 9 heteroatoms. The lowest BCUT2D eigenvalue weighted by Gasteiger charge is -2.34. The van der Waals surface area contributed by atoms with Gasteiger partial charge in [0.1, 0.15) is 0 Å². The number of sulfonamides is 1. The van der Waals surface area contributed by atoms with Crippen molar-refractivity contribution in [3.8, 4) is 0 Å². The number of piperazine rings is 1. The third-order valence-corrected chi connectivity index (χ3v) is 7.97. The third-order valence-electron chi connectivity index (χ3n) is 6.06. The summed E-state index contributed by atoms with van der Waals surface area (Å²) in [5.41, 5.74) is 1.95. The van der Waals surface area contributed by atoms with E-state index in [1.807, 2.05) is 60.7 Å². The van der Waals surface area contributed by atoms with Gasteiger partial charge in [0.05, 0.1) is 9.82 Å². The number of benzene rings is 3. The topological polar surface area (TPSA) is 101 Å². The molecule has 8 nitrogen and oxygen atoms in total. The Bertz CT molecular complexity index is 1200. The summed E-state index contributed by atoms with van der Waals surface area (Å²) in [5, 5.41) is 10.8. The first-order valence-electron chi connectivity index (χ1n) is 11.0. The van der Waals surface area contributed by atoms with E-state index in [0.717, 1.165) is 11.1 Å². The van der Waals surface area contributed by atoms with Gasteiger partial charge < -0.3 is 4.90 Å². The summed E-state index contributed by atoms with van der Waals surface area (Å²) in [7, 11) is -3.79. The fourth-order valence-corrected chi connectivity index (χ4v) is 5.59. The van der Waals surface area contributed by atoms with Gasteiger partial charge in [0.25, 0.3) is 5.69 Å². The SMILES string of the molecule is O=C(CC(c1ccccc1)c1ccccc1)N1CCN(S(=O)(=O)c2ccc([N+](=O)[O-])cc2)CC1. The Hall–Kier alpha value is -3.56. The molecule has 0 bridgehead atoms. The smallest absolute Gasteiger partial charge is 0.269 e. The molecule has 1 fully saturated rings. The molecule has 0 saturated carbocycles. The minimum absolute atomic E-state index is 0.00564. The van der Waals surface area contributed by atoms with E-state index < -0.39 is 14.9 Å². The van der Waals surface area contributed by atoms with Crippen molar-refractivity contribution in [2.75, 3.05) is 26.2 Å². The summed E-state index contributed by atoms with van der Waals surface area (Å²) in [5.74, 6) is -0.109. The summed E-state index contributed by atoms with van der Waals surface area (Å²) in [4.78, 5) is 25.2. The molecule has 4 rings (SSSR count). The van der Waals surface area contributed by atoms with Crippen molar-refractivity contribution in [3.05, 3.63) is 106 Å². The highest BCUT2D eigenvalue weighted by molar-refractivity contribution is 7.89. The van der Waals surface area contributed by atoms with Gasteiger partial charge in [-0.3, -0.25) is 14.9 Å². The quantitative estimate of drug-likeness (QED) is 0.380. The van der Waals surface area contributed by atoms with Crippen molar-refractivity contribution < 1.29 is 18.1 Å². The summed E-state index contributed by atoms with van der Waals surface area (Å²) in [6.07, 6.45) is 0.295. The molecule has 1 aliphatic heterocycles. The summed E-state index contributed by atoms with van der Waals surface area (Å²) < 4.78 is 27.2. The molecule has 0 aromatic heterocycles. The molecule has 1 heterocycles. The Morgan fingerprint density at radius 2 is 1.32 bits per heavy atom. The summed E-state index contributed by atoms with van der Waals surface area (Å²) in [6, 6.07) is 24.6. The van der Waals surface area contributed by atoms with E-state index in [-0.39, 0.29) is 35.5 Å². The van der Waals surface area contributed by atoms with Gasteiger partial charge in [0.2, 0.25) is 15.9 Å². The number of non-ortho nitro benzene ring substituents is 1. The molecule has 0 aliphatic carbocycles. The highest BCUT2D eigenvalue weighted by Gasteiger charge is 2.31. The van der Waals surface area contributed by atoms with Gasteiger partial charge in [0.15, 0.2) is 0 Å². The van der Waals surface area contributed by atoms with E-state index in [4.69, 9.17) is 0 Å². The Kier molecular flexibility index (Phi) is 7.04. The summed E-state index contributed by atoms with van der Waals surface area (Å²) in [6.45, 7) is 0.932. The monoisotopic (exact) mass is 479 g/mol. The van der Waals surface area contributed by atoms with Crippen LogP contribution in [0.4, 0.5) is 5.69 Å². The number of amides is 1. The highest BCUT2D eigenvalue weighted by atomic mass is 32.2. The van der Waals surface area contributed by atoms with Crippen molar-refractivity contribution in [1.82, 2.24) is 9.21 Å². The van der Waals surface area contributed by atoms with Gasteiger partial charge in [-0.2, -0.15) is 4.31 Å². The Labute approximate surface area is 198 Å². The van der Waals surface area contributed by atoms with Crippen molar-refractivity contribution in [3.63, 3.8) is 0 Å². The Morgan fingerprint density at radius 1 is 0.824 bits per heavy atom. The lowest BCUT2D eigenvalue weighted by molar-refractivity contribution is -0.384. The van der Waals surface area contributed by atoms with Crippen LogP contribution in [-0.2, 0) is 14.8 Å². The van der Waals surface area contributed by atoms with E-state index in [1.54, 1.807) is 4.90 Å². The molecule has 1 saturated heterocycles. The van der Waals surface area contributed by atoms with Gasteiger partial charge in [-0.25, -0.2) is 8.42 Å². The summed E-state index contributed by atoms with van der Waals surface area (Å²) >= 11 is 0. The second-order valence-electron chi connectivity index (χ2n) is 8.11. The van der Waals surface area contributed by atoms with Crippen molar-refractivity contribution >= 4 is 21.6 Å². The number of nitro groups is 1. The predicted molar refractivity (Wildman–Crippen MR) is 128 cm³/mol. The first-order valence-corrected chi connectivity index (χ1v) is 12.4. The minimum Gasteiger partial charge on any atom is -0.340 e. The van der Waals surface area contributed by atoms with Gasteiger partial charge in [0, 0.05) is 50.7 Å². The van der Waals surface area contributed by atoms with Crippen LogP contribution in [0, 0.1) is 10.1 Å². The van der Waals surface area contributed by atoms with E-state index >= 15 is 0 Å². The van der Waals surface area contributed by atoms with E-state index in [9.17, 15) is 23.3 Å². The van der Waals surface area contributed by atoms with E-state index in [0.29, 0.717) is 19.5 Å². The molecule has 176 valence electrons. The van der Waals surface area contributed by atoms with Crippen molar-refractivity contribution in [2.45, 2.75) is 17.2 Å². The van der Waals surface area contributed by atoms with Gasteiger partial charge >= 0.3 is 0 Å². The fourth-order valence-electron chi connectivity index (χ4n) is 4.17. The Balaban J connectivity index is 1.43. The normalized spacial score (nSPS) is 14.8. The molecule has 1 amide bonds. The van der Waals surface area contributed by atoms with Crippen LogP contribution in [0.15, 0.2) is 89.8 Å². The second kappa shape index (κ2) is 10.1. The number of carbonyl (C=O) groups is 1. The average molecular weight is 480 g/mol. The number of rotatable bonds is 7. The molecule has 0 spiro atoms. The second-order valence-corrected chi connectivity index (χ2v) is 10.1. The number of hydrogen-bond acceptors (Lipinski definition) is 5. The zero-order valence-electron chi connectivity index (χ0n) is 18.5. The van der Waals surface area contributed by atoms with Crippen LogP contribution in [0.5, 0.6) is 0 Å². The first kappa shape index (κ1) is 23.6. The van der Waals surface area contributed by atoms with Crippen LogP contribution in [0.25, 0.3) is 0 Å². The van der Waals surface area contributed by atoms with Gasteiger partial charge in [-0.15, -0.1) is 0 Å². The number of hydrogen-bond donors (Lipinski definition) is 0. The maximum Gasteiger partial charge on any atom is 0.269 e. The molecule has 1 aliphatic rings. The average Bonchev–Trinajstić information content (AvgIpc) is 2.88. The molecule has 0 atom stereocenters. The lowest BCUT2D eigenvalue weighted by Crippen LogP contribution is -2.50. The maximum atomic E-state index is 13.2. The van der Waals surface area contributed by atoms with Crippen molar-refractivity contribution in [2.24, 2.45) is 0 Å². The molecule has 0 unspecified atom stereocenters. The lowest BCUT2D eigenvalue weighted by atomic mass is 9.88. The van der Waals surface area contributed by atoms with Crippen LogP contribution >= 0.6 is 0 Å². The largest absolute Gasteiger partial charge is 0.340 e. The van der Waals surface area contributed by atoms with Crippen LogP contribution in [0.3, 0.4) is 0 Å². The zero-order chi connectivity index (χ0) is 24.1. The number of carbonyl (C=O) groups excluding carboxylic acids is 1. The number of nitro benzene ring substituents is 1. The molecule has 3 aromatic rings. The Morgan fingerprint density at radius 3 is 1.79 bits per heavy atom. The van der Waals surface area contributed by atoms with Crippen LogP contribution in [0.2, 0.25) is 0 Å². The molecular formula is C25H25N3O5S. The molecule has 0 N–H and O–H groups in total. The molecule has 34 heavy (non-hydrogen) atoms. The standard InChI is InChI=1S/C25H25N3O5S/c29-25(19-24(20-7-3-1-4-8-20)21-9-5-2-6-10-21)26-15-17-27(18-16-26)34(32,33)23-13-11-22(12-14-23)28(30)31/h1-14,24H,15-19H2. The van der Waals surface area contributed by atoms with E-state index in [1.165, 1.54) is 28.6 Å². The molecular weight excluding hydrogens is 454 g/mol. The van der Waals surface area contributed by atoms with Gasteiger partial charge in [-0.05, 0) is 23.3 Å². The van der Waals surface area contributed by atoms with Crippen molar-refractivity contribution in [1.29, 1.82) is 0 Å². The van der Waals surface area contributed by atoms with Gasteiger partial charge in [-0.1, -0.05) is 60.7 Å². The molecule has 3 aromatic carbocycles. The number of nitrogens with zero attached hydrogens (tertiary/aromatic N) is 3. The maximum absolute atomic E-state index is 13.2. The first-order chi connectivity index (χ1) is 16.4. The molecule has 0 radical (unpaired) electrons. The highest BCUT2D eigenvalue weighted by Crippen LogP contribution is 2.29. The van der Waals surface area contributed by atoms with Crippen LogP contribution in [-0.4, -0.2) is 54.6 Å². The van der Waals surface area contributed by atoms with Crippen LogP contribution < -0.4 is 0 Å². The third kappa shape index (κ3) is 5.16. The van der Waals surface area contributed by atoms with Crippen LogP contribution in [0.1, 0.15) is 23.5 Å². The fraction of sp³-hybridized carbons (Fsp3) is 0.240. The minimum atomic E-state index is -3.79. The van der Waals surface area contributed by atoms with E-state index in [2.05, 4.69) is 0 Å². The predicted octanol–water partition coefficient (Wildman–Crippen LogP) is 3.65.